The predicted octanol–water partition coefficient (Wildman–Crippen LogP) is 4.93. The number of benzene rings is 2. The number of nitro benzene ring substituents is 1. The highest BCUT2D eigenvalue weighted by atomic mass is 35.5. The second kappa shape index (κ2) is 7.92. The summed E-state index contributed by atoms with van der Waals surface area (Å²) in [4.78, 5) is 13.8. The van der Waals surface area contributed by atoms with Gasteiger partial charge in [0.05, 0.1) is 22.6 Å². The molecule has 2 rings (SSSR count). The minimum absolute atomic E-state index is 0.0138. The van der Waals surface area contributed by atoms with E-state index < -0.39 is 22.4 Å². The van der Waals surface area contributed by atoms with Gasteiger partial charge in [-0.3, -0.25) is 10.1 Å². The van der Waals surface area contributed by atoms with Crippen molar-refractivity contribution in [1.82, 2.24) is 0 Å². The summed E-state index contributed by atoms with van der Waals surface area (Å²) in [5.41, 5.74) is -1.51. The van der Waals surface area contributed by atoms with Gasteiger partial charge in [0.25, 0.3) is 5.69 Å². The quantitative estimate of drug-likeness (QED) is 0.238. The van der Waals surface area contributed by atoms with E-state index in [-0.39, 0.29) is 28.0 Å². The third-order valence-corrected chi connectivity index (χ3v) is 3.52. The van der Waals surface area contributed by atoms with Crippen LogP contribution in [0, 0.1) is 21.6 Å². The number of halogens is 4. The summed E-state index contributed by atoms with van der Waals surface area (Å²) in [5.74, 6) is -0.409. The first-order chi connectivity index (χ1) is 12.7. The molecule has 2 aromatic carbocycles. The van der Waals surface area contributed by atoms with E-state index in [1.807, 2.05) is 0 Å². The van der Waals surface area contributed by atoms with Crippen molar-refractivity contribution in [3.8, 4) is 17.7 Å². The number of ether oxygens (including phenoxy) is 2. The summed E-state index contributed by atoms with van der Waals surface area (Å²) in [7, 11) is 1.17. The van der Waals surface area contributed by atoms with Crippen molar-refractivity contribution in [2.45, 2.75) is 6.18 Å². The second-order valence-electron chi connectivity index (χ2n) is 4.90. The van der Waals surface area contributed by atoms with Crippen molar-refractivity contribution in [1.29, 1.82) is 5.26 Å². The summed E-state index contributed by atoms with van der Waals surface area (Å²) >= 11 is 5.82. The molecular weight excluding hydrogens is 391 g/mol. The molecule has 7 nitrogen and oxygen atoms in total. The Morgan fingerprint density at radius 3 is 2.52 bits per heavy atom. The Hall–Kier alpha value is -3.32. The maximum Gasteiger partial charge on any atom is 0.416 e. The van der Waals surface area contributed by atoms with Crippen LogP contribution in [0.5, 0.6) is 11.5 Å². The summed E-state index contributed by atoms with van der Waals surface area (Å²) in [6.07, 6.45) is -3.11. The first kappa shape index (κ1) is 20.0. The van der Waals surface area contributed by atoms with Crippen molar-refractivity contribution in [3.63, 3.8) is 0 Å². The van der Waals surface area contributed by atoms with Crippen LogP contribution in [0.3, 0.4) is 0 Å². The van der Waals surface area contributed by atoms with Crippen LogP contribution in [-0.2, 0) is 10.9 Å². The topological polar surface area (TPSA) is 97.8 Å². The molecule has 140 valence electrons. The van der Waals surface area contributed by atoms with E-state index in [1.165, 1.54) is 19.4 Å². The maximum absolute atomic E-state index is 12.7. The van der Waals surface area contributed by atoms with Crippen LogP contribution in [0.2, 0.25) is 5.02 Å². The highest BCUT2D eigenvalue weighted by molar-refractivity contribution is 6.32. The van der Waals surface area contributed by atoms with E-state index in [4.69, 9.17) is 26.3 Å². The Balaban J connectivity index is 2.45. The average molecular weight is 400 g/mol. The molecule has 0 radical (unpaired) electrons. The van der Waals surface area contributed by atoms with Gasteiger partial charge in [0, 0.05) is 12.1 Å². The zero-order chi connectivity index (χ0) is 20.2. The van der Waals surface area contributed by atoms with Gasteiger partial charge in [-0.2, -0.15) is 18.4 Å². The smallest absolute Gasteiger partial charge is 0.416 e. The minimum atomic E-state index is -4.57. The molecule has 2 aromatic rings. The molecule has 0 saturated carbocycles. The van der Waals surface area contributed by atoms with Crippen LogP contribution in [-0.4, -0.2) is 17.9 Å². The van der Waals surface area contributed by atoms with E-state index in [1.54, 1.807) is 0 Å². The Bertz CT molecular complexity index is 955. The molecule has 0 heterocycles. The van der Waals surface area contributed by atoms with Gasteiger partial charge in [0.2, 0.25) is 12.1 Å². The van der Waals surface area contributed by atoms with Gasteiger partial charge in [0.1, 0.15) is 17.1 Å². The number of rotatable bonds is 4. The van der Waals surface area contributed by atoms with Crippen molar-refractivity contribution in [3.05, 3.63) is 62.7 Å². The number of methoxy groups -OCH3 is 1. The third kappa shape index (κ3) is 4.65. The maximum atomic E-state index is 12.7. The standard InChI is InChI=1S/C16H9ClF3N3O4/c1-26-15(22-8-21)11-7-10(3-4-13(11)23(24)25)27-14-5-2-9(6-12(14)17)16(18,19)20/h2-7H,1H3. The van der Waals surface area contributed by atoms with Gasteiger partial charge in [-0.25, -0.2) is 0 Å². The molecular formula is C16H9ClF3N3O4. The molecule has 0 fully saturated rings. The lowest BCUT2D eigenvalue weighted by molar-refractivity contribution is -0.385. The number of nitriles is 1. The number of aliphatic imine (C=N–C) groups is 1. The van der Waals surface area contributed by atoms with Gasteiger partial charge in [0.15, 0.2) is 0 Å². The molecule has 11 heteroatoms. The average Bonchev–Trinajstić information content (AvgIpc) is 2.60. The van der Waals surface area contributed by atoms with Crippen LogP contribution in [0.1, 0.15) is 11.1 Å². The van der Waals surface area contributed by atoms with Crippen LogP contribution < -0.4 is 4.74 Å². The predicted molar refractivity (Wildman–Crippen MR) is 88.8 cm³/mol. The highest BCUT2D eigenvalue weighted by Gasteiger charge is 2.31. The normalized spacial score (nSPS) is 11.6. The Morgan fingerprint density at radius 2 is 2.00 bits per heavy atom. The largest absolute Gasteiger partial charge is 0.480 e. The molecule has 0 amide bonds. The Labute approximate surface area is 155 Å². The molecule has 0 saturated heterocycles. The van der Waals surface area contributed by atoms with Gasteiger partial charge in [-0.1, -0.05) is 11.6 Å². The lowest BCUT2D eigenvalue weighted by Gasteiger charge is -2.12. The van der Waals surface area contributed by atoms with Crippen molar-refractivity contribution in [2.24, 2.45) is 4.99 Å². The fourth-order valence-electron chi connectivity index (χ4n) is 2.06. The lowest BCUT2D eigenvalue weighted by Crippen LogP contribution is -2.07. The first-order valence-electron chi connectivity index (χ1n) is 7.01. The monoisotopic (exact) mass is 399 g/mol. The minimum Gasteiger partial charge on any atom is -0.480 e. The van der Waals surface area contributed by atoms with Gasteiger partial charge >= 0.3 is 6.18 Å². The fraction of sp³-hybridized carbons (Fsp3) is 0.125. The molecule has 0 N–H and O–H groups in total. The van der Waals surface area contributed by atoms with Crippen LogP contribution in [0.25, 0.3) is 0 Å². The first-order valence-corrected chi connectivity index (χ1v) is 7.39. The van der Waals surface area contributed by atoms with Crippen LogP contribution >= 0.6 is 11.6 Å². The molecule has 0 aliphatic heterocycles. The summed E-state index contributed by atoms with van der Waals surface area (Å²) in [6, 6.07) is 5.95. The van der Waals surface area contributed by atoms with E-state index in [9.17, 15) is 23.3 Å². The summed E-state index contributed by atoms with van der Waals surface area (Å²) in [6.45, 7) is 0. The number of nitrogens with zero attached hydrogens (tertiary/aromatic N) is 3. The molecule has 0 unspecified atom stereocenters. The molecule has 0 bridgehead atoms. The third-order valence-electron chi connectivity index (χ3n) is 3.23. The summed E-state index contributed by atoms with van der Waals surface area (Å²) < 4.78 is 48.3. The van der Waals surface area contributed by atoms with Crippen molar-refractivity contribution in [2.75, 3.05) is 7.11 Å². The van der Waals surface area contributed by atoms with Crippen LogP contribution in [0.4, 0.5) is 18.9 Å². The molecule has 0 aromatic heterocycles. The summed E-state index contributed by atoms with van der Waals surface area (Å²) in [5, 5.41) is 19.5. The highest BCUT2D eigenvalue weighted by Crippen LogP contribution is 2.37. The van der Waals surface area contributed by atoms with E-state index in [0.29, 0.717) is 6.07 Å². The number of alkyl halides is 3. The van der Waals surface area contributed by atoms with Gasteiger partial charge in [-0.15, -0.1) is 4.99 Å². The Kier molecular flexibility index (Phi) is 5.87. The molecule has 0 atom stereocenters. The SMILES string of the molecule is COC(=NC#N)c1cc(Oc2ccc(C(F)(F)F)cc2Cl)ccc1[N+](=O)[O-]. The van der Waals surface area contributed by atoms with Gasteiger partial charge < -0.3 is 9.47 Å². The zero-order valence-corrected chi connectivity index (χ0v) is 14.2. The Morgan fingerprint density at radius 1 is 1.30 bits per heavy atom. The molecule has 0 spiro atoms. The van der Waals surface area contributed by atoms with E-state index in [0.717, 1.165) is 24.3 Å². The van der Waals surface area contributed by atoms with E-state index in [2.05, 4.69) is 4.99 Å². The van der Waals surface area contributed by atoms with Crippen molar-refractivity contribution >= 4 is 23.2 Å². The molecule has 27 heavy (non-hydrogen) atoms. The van der Waals surface area contributed by atoms with Crippen molar-refractivity contribution < 1.29 is 27.6 Å². The second-order valence-corrected chi connectivity index (χ2v) is 5.31. The fourth-order valence-corrected chi connectivity index (χ4v) is 2.28. The van der Waals surface area contributed by atoms with E-state index >= 15 is 0 Å². The van der Waals surface area contributed by atoms with Gasteiger partial charge in [-0.05, 0) is 24.3 Å². The lowest BCUT2D eigenvalue weighted by atomic mass is 10.1. The van der Waals surface area contributed by atoms with Crippen LogP contribution in [0.15, 0.2) is 41.4 Å². The molecule has 0 aliphatic rings. The zero-order valence-electron chi connectivity index (χ0n) is 13.5. The number of hydrogen-bond donors (Lipinski definition) is 0. The number of hydrogen-bond acceptors (Lipinski definition) is 6. The number of nitro groups is 1. The molecule has 0 aliphatic carbocycles.